The van der Waals surface area contributed by atoms with Crippen molar-refractivity contribution < 1.29 is 4.42 Å². The fraction of sp³-hybridized carbons (Fsp3) is 0. The van der Waals surface area contributed by atoms with Crippen molar-refractivity contribution in [2.45, 2.75) is 0 Å². The molecule has 220 valence electrons. The number of fused-ring (bicyclic) bond motifs is 4. The molecule has 0 aliphatic carbocycles. The van der Waals surface area contributed by atoms with Gasteiger partial charge in [0.25, 0.3) is 0 Å². The maximum Gasteiger partial charge on any atom is 0.164 e. The van der Waals surface area contributed by atoms with Gasteiger partial charge in [-0.05, 0) is 57.3 Å². The third-order valence-electron chi connectivity index (χ3n) is 8.75. The van der Waals surface area contributed by atoms with Gasteiger partial charge in [-0.25, -0.2) is 15.0 Å². The molecule has 4 heteroatoms. The lowest BCUT2D eigenvalue weighted by Crippen LogP contribution is -2.01. The molecule has 0 amide bonds. The second-order valence-electron chi connectivity index (χ2n) is 11.6. The van der Waals surface area contributed by atoms with Crippen LogP contribution in [0.3, 0.4) is 0 Å². The van der Waals surface area contributed by atoms with Gasteiger partial charge < -0.3 is 4.42 Å². The zero-order valence-electron chi connectivity index (χ0n) is 25.3. The fourth-order valence-electron chi connectivity index (χ4n) is 6.54. The molecule has 0 aliphatic heterocycles. The molecule has 0 aliphatic rings. The van der Waals surface area contributed by atoms with Crippen LogP contribution in [-0.4, -0.2) is 15.0 Å². The van der Waals surface area contributed by atoms with Crippen LogP contribution in [0.1, 0.15) is 0 Å². The number of hydrogen-bond acceptors (Lipinski definition) is 4. The Bertz CT molecular complexity index is 2570. The van der Waals surface area contributed by atoms with E-state index in [-0.39, 0.29) is 0 Å². The number of aromatic nitrogens is 3. The summed E-state index contributed by atoms with van der Waals surface area (Å²) in [5.74, 6) is 1.90. The lowest BCUT2D eigenvalue weighted by Gasteiger charge is -2.14. The van der Waals surface area contributed by atoms with Gasteiger partial charge in [0.05, 0.1) is 0 Å². The van der Waals surface area contributed by atoms with Gasteiger partial charge in [0.1, 0.15) is 11.2 Å². The fourth-order valence-corrected chi connectivity index (χ4v) is 6.54. The third-order valence-corrected chi connectivity index (χ3v) is 8.75. The molecule has 7 aromatic carbocycles. The Morgan fingerprint density at radius 2 is 0.851 bits per heavy atom. The first kappa shape index (κ1) is 27.0. The monoisotopic (exact) mass is 601 g/mol. The minimum absolute atomic E-state index is 0.633. The summed E-state index contributed by atoms with van der Waals surface area (Å²) in [4.78, 5) is 15.2. The molecule has 47 heavy (non-hydrogen) atoms. The van der Waals surface area contributed by atoms with Gasteiger partial charge in [0, 0.05) is 27.5 Å². The molecule has 2 aromatic heterocycles. The molecule has 0 saturated heterocycles. The van der Waals surface area contributed by atoms with Crippen LogP contribution >= 0.6 is 0 Å². The number of furan rings is 1. The van der Waals surface area contributed by atoms with Gasteiger partial charge in [0.2, 0.25) is 0 Å². The van der Waals surface area contributed by atoms with Crippen LogP contribution < -0.4 is 0 Å². The summed E-state index contributed by atoms with van der Waals surface area (Å²) in [6.45, 7) is 0. The van der Waals surface area contributed by atoms with Gasteiger partial charge in [0.15, 0.2) is 17.5 Å². The molecule has 0 N–H and O–H groups in total. The Labute approximate surface area is 271 Å². The van der Waals surface area contributed by atoms with Crippen LogP contribution in [0.15, 0.2) is 168 Å². The first-order valence-corrected chi connectivity index (χ1v) is 15.7. The largest absolute Gasteiger partial charge is 0.456 e. The van der Waals surface area contributed by atoms with Gasteiger partial charge >= 0.3 is 0 Å². The van der Waals surface area contributed by atoms with Crippen molar-refractivity contribution in [2.75, 3.05) is 0 Å². The van der Waals surface area contributed by atoms with E-state index in [2.05, 4.69) is 109 Å². The van der Waals surface area contributed by atoms with Crippen molar-refractivity contribution in [1.82, 2.24) is 15.0 Å². The molecule has 0 radical (unpaired) electrons. The van der Waals surface area contributed by atoms with Crippen LogP contribution in [0.2, 0.25) is 0 Å². The van der Waals surface area contributed by atoms with Gasteiger partial charge in [-0.1, -0.05) is 140 Å². The van der Waals surface area contributed by atoms with Crippen molar-refractivity contribution in [1.29, 1.82) is 0 Å². The Hall–Kier alpha value is -6.39. The van der Waals surface area contributed by atoms with E-state index >= 15 is 0 Å². The summed E-state index contributed by atoms with van der Waals surface area (Å²) >= 11 is 0. The van der Waals surface area contributed by atoms with E-state index in [9.17, 15) is 0 Å². The predicted molar refractivity (Wildman–Crippen MR) is 192 cm³/mol. The Morgan fingerprint density at radius 1 is 0.319 bits per heavy atom. The summed E-state index contributed by atoms with van der Waals surface area (Å²) in [6, 6.07) is 56.3. The quantitative estimate of drug-likeness (QED) is 0.197. The van der Waals surface area contributed by atoms with Crippen LogP contribution in [0, 0.1) is 0 Å². The summed E-state index contributed by atoms with van der Waals surface area (Å²) in [6.07, 6.45) is 0. The lowest BCUT2D eigenvalue weighted by molar-refractivity contribution is 0.669. The minimum atomic E-state index is 0.633. The SMILES string of the molecule is c1ccc(-c2cccc(-c3nc(-c4ccccc4)nc(-c4ccc(-c5cccc6oc7ccccc7c56)c5ccccc45)n3)c2)cc1. The Morgan fingerprint density at radius 3 is 1.64 bits per heavy atom. The number of rotatable bonds is 5. The summed E-state index contributed by atoms with van der Waals surface area (Å²) < 4.78 is 6.24. The molecule has 9 aromatic rings. The lowest BCUT2D eigenvalue weighted by atomic mass is 9.92. The molecule has 0 atom stereocenters. The smallest absolute Gasteiger partial charge is 0.164 e. The normalized spacial score (nSPS) is 11.4. The van der Waals surface area contributed by atoms with Gasteiger partial charge in [-0.2, -0.15) is 0 Å². The first-order valence-electron chi connectivity index (χ1n) is 15.7. The zero-order valence-corrected chi connectivity index (χ0v) is 25.3. The molecular weight excluding hydrogens is 574 g/mol. The predicted octanol–water partition coefficient (Wildman–Crippen LogP) is 11.3. The first-order chi connectivity index (χ1) is 23.3. The molecular formula is C43H27N3O. The molecule has 9 rings (SSSR count). The zero-order chi connectivity index (χ0) is 31.2. The number of hydrogen-bond donors (Lipinski definition) is 0. The van der Waals surface area contributed by atoms with Crippen molar-refractivity contribution in [3.05, 3.63) is 164 Å². The molecule has 0 spiro atoms. The highest BCUT2D eigenvalue weighted by Crippen LogP contribution is 2.41. The van der Waals surface area contributed by atoms with E-state index < -0.39 is 0 Å². The van der Waals surface area contributed by atoms with E-state index in [0.717, 1.165) is 71.7 Å². The number of nitrogens with zero attached hydrogens (tertiary/aromatic N) is 3. The Kier molecular flexibility index (Phi) is 6.43. The van der Waals surface area contributed by atoms with Crippen molar-refractivity contribution in [3.63, 3.8) is 0 Å². The maximum absolute atomic E-state index is 6.24. The summed E-state index contributed by atoms with van der Waals surface area (Å²) in [7, 11) is 0. The highest BCUT2D eigenvalue weighted by atomic mass is 16.3. The van der Waals surface area contributed by atoms with Gasteiger partial charge in [-0.3, -0.25) is 0 Å². The van der Waals surface area contributed by atoms with E-state index in [4.69, 9.17) is 19.4 Å². The number of para-hydroxylation sites is 1. The Balaban J connectivity index is 1.25. The highest BCUT2D eigenvalue weighted by molar-refractivity contribution is 6.16. The molecule has 0 fully saturated rings. The molecule has 0 saturated carbocycles. The van der Waals surface area contributed by atoms with Crippen molar-refractivity contribution in [2.24, 2.45) is 0 Å². The average Bonchev–Trinajstić information content (AvgIpc) is 3.54. The van der Waals surface area contributed by atoms with Crippen molar-refractivity contribution >= 4 is 32.7 Å². The van der Waals surface area contributed by atoms with Crippen LogP contribution in [0.25, 0.3) is 89.1 Å². The molecule has 0 bridgehead atoms. The summed E-state index contributed by atoms with van der Waals surface area (Å²) in [5, 5.41) is 4.42. The maximum atomic E-state index is 6.24. The topological polar surface area (TPSA) is 51.8 Å². The van der Waals surface area contributed by atoms with Gasteiger partial charge in [-0.15, -0.1) is 0 Å². The molecule has 2 heterocycles. The average molecular weight is 602 g/mol. The molecule has 4 nitrogen and oxygen atoms in total. The summed E-state index contributed by atoms with van der Waals surface area (Å²) in [5.41, 5.74) is 9.12. The molecule has 0 unspecified atom stereocenters. The van der Waals surface area contributed by atoms with E-state index in [0.29, 0.717) is 17.5 Å². The van der Waals surface area contributed by atoms with E-state index in [1.165, 1.54) is 0 Å². The third kappa shape index (κ3) is 4.75. The van der Waals surface area contributed by atoms with Crippen LogP contribution in [0.5, 0.6) is 0 Å². The van der Waals surface area contributed by atoms with E-state index in [1.54, 1.807) is 0 Å². The second-order valence-corrected chi connectivity index (χ2v) is 11.6. The highest BCUT2D eigenvalue weighted by Gasteiger charge is 2.18. The minimum Gasteiger partial charge on any atom is -0.456 e. The second kappa shape index (κ2) is 11.2. The van der Waals surface area contributed by atoms with Crippen LogP contribution in [0.4, 0.5) is 0 Å². The van der Waals surface area contributed by atoms with Crippen LogP contribution in [-0.2, 0) is 0 Å². The number of benzene rings is 7. The standard InChI is InChI=1S/C43H27N3O/c1-3-13-28(14-4-1)30-17-11-18-31(27-30)42-44-41(29-15-5-2-6-16-29)45-43(46-42)36-26-25-34(32-19-7-8-20-33(32)36)35-22-12-24-39-40(35)37-21-9-10-23-38(37)47-39/h1-27H. The van der Waals surface area contributed by atoms with Crippen molar-refractivity contribution in [3.8, 4) is 56.4 Å². The van der Waals surface area contributed by atoms with E-state index in [1.807, 2.05) is 54.6 Å².